The average molecular weight is 374 g/mol. The lowest BCUT2D eigenvalue weighted by Gasteiger charge is -2.24. The van der Waals surface area contributed by atoms with Gasteiger partial charge in [0.05, 0.1) is 6.54 Å². The first-order valence-corrected chi connectivity index (χ1v) is 9.29. The number of hydrogen-bond donors (Lipinski definition) is 3. The highest BCUT2D eigenvalue weighted by Crippen LogP contribution is 2.36. The minimum atomic E-state index is -1.01. The summed E-state index contributed by atoms with van der Waals surface area (Å²) in [4.78, 5) is 20.9. The molecule has 142 valence electrons. The molecule has 6 heteroatoms. The molecule has 1 unspecified atom stereocenters. The first kappa shape index (κ1) is 18.1. The van der Waals surface area contributed by atoms with Gasteiger partial charge in [0.1, 0.15) is 5.60 Å². The molecule has 1 aliphatic rings. The second-order valence-electron chi connectivity index (χ2n) is 7.10. The van der Waals surface area contributed by atoms with E-state index in [0.717, 1.165) is 28.8 Å². The molecule has 1 heterocycles. The minimum absolute atomic E-state index is 0.172. The number of anilines is 1. The SMILES string of the molecule is Cc1ccnc(-c2ccc(NC(=O)NCC3(O)CCc4ccccc43)cc2)n1. The summed E-state index contributed by atoms with van der Waals surface area (Å²) >= 11 is 0. The van der Waals surface area contributed by atoms with Crippen molar-refractivity contribution in [3.63, 3.8) is 0 Å². The highest BCUT2D eigenvalue weighted by molar-refractivity contribution is 5.89. The van der Waals surface area contributed by atoms with Gasteiger partial charge in [-0.2, -0.15) is 0 Å². The fourth-order valence-electron chi connectivity index (χ4n) is 3.54. The Balaban J connectivity index is 1.37. The third-order valence-corrected chi connectivity index (χ3v) is 5.06. The maximum Gasteiger partial charge on any atom is 0.319 e. The van der Waals surface area contributed by atoms with Gasteiger partial charge in [-0.05, 0) is 61.2 Å². The van der Waals surface area contributed by atoms with E-state index in [1.54, 1.807) is 18.3 Å². The highest BCUT2D eigenvalue weighted by atomic mass is 16.3. The van der Waals surface area contributed by atoms with Crippen LogP contribution >= 0.6 is 0 Å². The highest BCUT2D eigenvalue weighted by Gasteiger charge is 2.36. The summed E-state index contributed by atoms with van der Waals surface area (Å²) in [5.41, 5.74) is 3.47. The lowest BCUT2D eigenvalue weighted by atomic mass is 9.96. The summed E-state index contributed by atoms with van der Waals surface area (Å²) in [6.45, 7) is 2.09. The van der Waals surface area contributed by atoms with Gasteiger partial charge in [-0.15, -0.1) is 0 Å². The van der Waals surface area contributed by atoms with E-state index in [0.29, 0.717) is 17.9 Å². The molecular weight excluding hydrogens is 352 g/mol. The van der Waals surface area contributed by atoms with Crippen molar-refractivity contribution < 1.29 is 9.90 Å². The zero-order valence-electron chi connectivity index (χ0n) is 15.6. The Morgan fingerprint density at radius 2 is 1.93 bits per heavy atom. The van der Waals surface area contributed by atoms with E-state index in [2.05, 4.69) is 20.6 Å². The zero-order valence-corrected chi connectivity index (χ0v) is 15.6. The number of nitrogens with zero attached hydrogens (tertiary/aromatic N) is 2. The van der Waals surface area contributed by atoms with Crippen molar-refractivity contribution in [1.82, 2.24) is 15.3 Å². The predicted octanol–water partition coefficient (Wildman–Crippen LogP) is 3.41. The van der Waals surface area contributed by atoms with Crippen LogP contribution < -0.4 is 10.6 Å². The van der Waals surface area contributed by atoms with Gasteiger partial charge in [-0.3, -0.25) is 0 Å². The lowest BCUT2D eigenvalue weighted by Crippen LogP contribution is -2.41. The monoisotopic (exact) mass is 374 g/mol. The molecule has 1 aromatic heterocycles. The number of benzene rings is 2. The van der Waals surface area contributed by atoms with E-state index in [9.17, 15) is 9.90 Å². The van der Waals surface area contributed by atoms with Crippen molar-refractivity contribution in [2.24, 2.45) is 0 Å². The number of aromatic nitrogens is 2. The van der Waals surface area contributed by atoms with Gasteiger partial charge in [0, 0.05) is 23.1 Å². The number of nitrogens with one attached hydrogen (secondary N) is 2. The fourth-order valence-corrected chi connectivity index (χ4v) is 3.54. The molecule has 0 spiro atoms. The van der Waals surface area contributed by atoms with E-state index in [-0.39, 0.29) is 12.6 Å². The molecule has 0 saturated carbocycles. The fraction of sp³-hybridized carbons (Fsp3) is 0.227. The first-order valence-electron chi connectivity index (χ1n) is 9.29. The van der Waals surface area contributed by atoms with Crippen LogP contribution in [0.1, 0.15) is 23.2 Å². The number of amides is 2. The van der Waals surface area contributed by atoms with Gasteiger partial charge in [-0.25, -0.2) is 14.8 Å². The molecule has 0 radical (unpaired) electrons. The normalized spacial score (nSPS) is 17.8. The maximum absolute atomic E-state index is 12.3. The molecule has 28 heavy (non-hydrogen) atoms. The Morgan fingerprint density at radius 3 is 2.71 bits per heavy atom. The Bertz CT molecular complexity index is 1000. The average Bonchev–Trinajstić information content (AvgIpc) is 3.05. The first-order chi connectivity index (χ1) is 13.5. The number of carbonyl (C=O) groups is 1. The van der Waals surface area contributed by atoms with Gasteiger partial charge in [0.15, 0.2) is 5.82 Å². The number of hydrogen-bond acceptors (Lipinski definition) is 4. The molecule has 0 bridgehead atoms. The molecule has 1 aliphatic carbocycles. The molecule has 2 amide bonds. The Kier molecular flexibility index (Phi) is 4.79. The molecule has 2 aromatic carbocycles. The van der Waals surface area contributed by atoms with Gasteiger partial charge in [0.2, 0.25) is 0 Å². The van der Waals surface area contributed by atoms with E-state index in [1.807, 2.05) is 49.4 Å². The van der Waals surface area contributed by atoms with Crippen LogP contribution in [0.3, 0.4) is 0 Å². The molecule has 3 aromatic rings. The van der Waals surface area contributed by atoms with Gasteiger partial charge < -0.3 is 15.7 Å². The van der Waals surface area contributed by atoms with Crippen LogP contribution in [-0.2, 0) is 12.0 Å². The molecule has 3 N–H and O–H groups in total. The maximum atomic E-state index is 12.3. The van der Waals surface area contributed by atoms with E-state index in [4.69, 9.17) is 0 Å². The molecule has 4 rings (SSSR count). The second kappa shape index (κ2) is 7.40. The van der Waals surface area contributed by atoms with Crippen LogP contribution in [0.4, 0.5) is 10.5 Å². The molecule has 0 fully saturated rings. The molecule has 0 aliphatic heterocycles. The second-order valence-corrected chi connectivity index (χ2v) is 7.10. The molecule has 6 nitrogen and oxygen atoms in total. The van der Waals surface area contributed by atoms with Crippen LogP contribution in [-0.4, -0.2) is 27.7 Å². The van der Waals surface area contributed by atoms with Crippen molar-refractivity contribution in [3.8, 4) is 11.4 Å². The lowest BCUT2D eigenvalue weighted by molar-refractivity contribution is 0.0417. The minimum Gasteiger partial charge on any atom is -0.383 e. The summed E-state index contributed by atoms with van der Waals surface area (Å²) in [5.74, 6) is 0.651. The van der Waals surface area contributed by atoms with E-state index < -0.39 is 5.60 Å². The van der Waals surface area contributed by atoms with Gasteiger partial charge >= 0.3 is 6.03 Å². The summed E-state index contributed by atoms with van der Waals surface area (Å²) < 4.78 is 0. The van der Waals surface area contributed by atoms with Crippen LogP contribution in [0.2, 0.25) is 0 Å². The number of fused-ring (bicyclic) bond motifs is 1. The van der Waals surface area contributed by atoms with Gasteiger partial charge in [-0.1, -0.05) is 24.3 Å². The molecular formula is C22H22N4O2. The van der Waals surface area contributed by atoms with Crippen molar-refractivity contribution in [2.75, 3.05) is 11.9 Å². The standard InChI is InChI=1S/C22H22N4O2/c1-15-11-13-23-20(25-15)17-6-8-18(9-7-17)26-21(27)24-14-22(28)12-10-16-4-2-3-5-19(16)22/h2-9,11,13,28H,10,12,14H2,1H3,(H2,24,26,27). The largest absolute Gasteiger partial charge is 0.383 e. The van der Waals surface area contributed by atoms with Crippen molar-refractivity contribution >= 4 is 11.7 Å². The third kappa shape index (κ3) is 3.73. The molecule has 1 atom stereocenters. The van der Waals surface area contributed by atoms with Crippen LogP contribution in [0.5, 0.6) is 0 Å². The predicted molar refractivity (Wildman–Crippen MR) is 108 cm³/mol. The summed E-state index contributed by atoms with van der Waals surface area (Å²) in [6, 6.07) is 16.7. The smallest absolute Gasteiger partial charge is 0.319 e. The van der Waals surface area contributed by atoms with Crippen LogP contribution in [0, 0.1) is 6.92 Å². The Hall–Kier alpha value is -3.25. The van der Waals surface area contributed by atoms with Crippen LogP contribution in [0.25, 0.3) is 11.4 Å². The van der Waals surface area contributed by atoms with Crippen molar-refractivity contribution in [2.45, 2.75) is 25.4 Å². The number of carbonyl (C=O) groups excluding carboxylic acids is 1. The summed E-state index contributed by atoms with van der Waals surface area (Å²) in [7, 11) is 0. The van der Waals surface area contributed by atoms with Gasteiger partial charge in [0.25, 0.3) is 0 Å². The number of aryl methyl sites for hydroxylation is 2. The van der Waals surface area contributed by atoms with E-state index in [1.165, 1.54) is 0 Å². The number of urea groups is 1. The molecule has 0 saturated heterocycles. The Labute approximate surface area is 163 Å². The van der Waals surface area contributed by atoms with Crippen molar-refractivity contribution in [3.05, 3.63) is 77.6 Å². The van der Waals surface area contributed by atoms with Crippen molar-refractivity contribution in [1.29, 1.82) is 0 Å². The topological polar surface area (TPSA) is 87.1 Å². The summed E-state index contributed by atoms with van der Waals surface area (Å²) in [6.07, 6.45) is 3.15. The summed E-state index contributed by atoms with van der Waals surface area (Å²) in [5, 5.41) is 16.5. The quantitative estimate of drug-likeness (QED) is 0.653. The number of rotatable bonds is 4. The number of aliphatic hydroxyl groups is 1. The third-order valence-electron chi connectivity index (χ3n) is 5.06. The Morgan fingerprint density at radius 1 is 1.14 bits per heavy atom. The van der Waals surface area contributed by atoms with Crippen LogP contribution in [0.15, 0.2) is 60.8 Å². The zero-order chi connectivity index (χ0) is 19.6. The van der Waals surface area contributed by atoms with E-state index >= 15 is 0 Å².